The molecule has 1 aromatic rings. The van der Waals surface area contributed by atoms with Crippen LogP contribution in [0.5, 0.6) is 0 Å². The summed E-state index contributed by atoms with van der Waals surface area (Å²) in [7, 11) is 0. The Morgan fingerprint density at radius 3 is 2.76 bits per heavy atom. The third kappa shape index (κ3) is 2.02. The van der Waals surface area contributed by atoms with Crippen LogP contribution in [0.2, 0.25) is 0 Å². The van der Waals surface area contributed by atoms with Crippen LogP contribution < -0.4 is 0 Å². The lowest BCUT2D eigenvalue weighted by atomic mass is 9.67. The molecule has 0 radical (unpaired) electrons. The monoisotopic (exact) mass is 253 g/mol. The van der Waals surface area contributed by atoms with Gasteiger partial charge in [-0.3, -0.25) is 0 Å². The third-order valence-electron chi connectivity index (χ3n) is 4.25. The maximum atomic E-state index is 9.55. The van der Waals surface area contributed by atoms with Gasteiger partial charge in [-0.15, -0.1) is 11.3 Å². The minimum Gasteiger partial charge on any atom is -0.395 e. The van der Waals surface area contributed by atoms with Gasteiger partial charge in [-0.05, 0) is 25.7 Å². The summed E-state index contributed by atoms with van der Waals surface area (Å²) in [6.07, 6.45) is 5.61. The molecule has 2 aliphatic rings. The zero-order valence-electron chi connectivity index (χ0n) is 10.0. The van der Waals surface area contributed by atoms with Gasteiger partial charge in [0.1, 0.15) is 0 Å². The van der Waals surface area contributed by atoms with E-state index in [2.05, 4.69) is 5.38 Å². The van der Waals surface area contributed by atoms with Gasteiger partial charge in [-0.25, -0.2) is 4.98 Å². The molecule has 1 aliphatic heterocycles. The molecule has 2 fully saturated rings. The molecule has 3 rings (SSSR count). The second kappa shape index (κ2) is 4.67. The van der Waals surface area contributed by atoms with E-state index in [4.69, 9.17) is 9.72 Å². The molecule has 4 heteroatoms. The van der Waals surface area contributed by atoms with Gasteiger partial charge in [0.2, 0.25) is 0 Å². The van der Waals surface area contributed by atoms with Crippen molar-refractivity contribution in [3.8, 4) is 0 Å². The molecule has 1 saturated carbocycles. The smallest absolute Gasteiger partial charge is 0.0961 e. The van der Waals surface area contributed by atoms with Crippen molar-refractivity contribution in [2.24, 2.45) is 0 Å². The fourth-order valence-corrected chi connectivity index (χ4v) is 3.88. The first kappa shape index (κ1) is 11.6. The second-order valence-corrected chi connectivity index (χ2v) is 6.14. The summed E-state index contributed by atoms with van der Waals surface area (Å²) in [4.78, 5) is 4.80. The number of nitrogens with zero attached hydrogens (tertiary/aromatic N) is 1. The van der Waals surface area contributed by atoms with E-state index in [1.165, 1.54) is 11.4 Å². The number of rotatable bonds is 3. The molecule has 3 nitrogen and oxygen atoms in total. The second-order valence-electron chi connectivity index (χ2n) is 5.25. The zero-order chi connectivity index (χ0) is 11.7. The van der Waals surface area contributed by atoms with E-state index in [1.54, 1.807) is 11.3 Å². The van der Waals surface area contributed by atoms with Crippen molar-refractivity contribution in [3.05, 3.63) is 16.1 Å². The third-order valence-corrected chi connectivity index (χ3v) is 5.26. The van der Waals surface area contributed by atoms with Crippen molar-refractivity contribution in [1.82, 2.24) is 4.98 Å². The van der Waals surface area contributed by atoms with E-state index in [1.807, 2.05) is 0 Å². The van der Waals surface area contributed by atoms with Crippen LogP contribution in [0.1, 0.15) is 48.7 Å². The van der Waals surface area contributed by atoms with Gasteiger partial charge in [0, 0.05) is 29.9 Å². The number of thiazole rings is 1. The fraction of sp³-hybridized carbons (Fsp3) is 0.769. The summed E-state index contributed by atoms with van der Waals surface area (Å²) < 4.78 is 5.39. The SMILES string of the molecule is OCC1(c2csc(C3CCOCC3)n2)CCC1. The van der Waals surface area contributed by atoms with Crippen molar-refractivity contribution < 1.29 is 9.84 Å². The Morgan fingerprint density at radius 1 is 1.41 bits per heavy atom. The molecule has 0 spiro atoms. The molecule has 1 aliphatic carbocycles. The minimum atomic E-state index is -0.0000826. The maximum Gasteiger partial charge on any atom is 0.0961 e. The largest absolute Gasteiger partial charge is 0.395 e. The summed E-state index contributed by atoms with van der Waals surface area (Å²) in [6.45, 7) is 1.99. The molecule has 0 amide bonds. The quantitative estimate of drug-likeness (QED) is 0.899. The van der Waals surface area contributed by atoms with Crippen LogP contribution in [0.3, 0.4) is 0 Å². The van der Waals surface area contributed by atoms with Crippen LogP contribution in [-0.4, -0.2) is 29.9 Å². The summed E-state index contributed by atoms with van der Waals surface area (Å²) in [6, 6.07) is 0. The van der Waals surface area contributed by atoms with Crippen molar-refractivity contribution in [1.29, 1.82) is 0 Å². The Labute approximate surface area is 106 Å². The van der Waals surface area contributed by atoms with Crippen LogP contribution in [0.4, 0.5) is 0 Å². The maximum absolute atomic E-state index is 9.55. The highest BCUT2D eigenvalue weighted by molar-refractivity contribution is 7.09. The van der Waals surface area contributed by atoms with Crippen molar-refractivity contribution in [2.75, 3.05) is 19.8 Å². The van der Waals surface area contributed by atoms with Crippen LogP contribution in [-0.2, 0) is 10.2 Å². The molecular weight excluding hydrogens is 234 g/mol. The molecule has 1 saturated heterocycles. The average molecular weight is 253 g/mol. The zero-order valence-corrected chi connectivity index (χ0v) is 10.8. The van der Waals surface area contributed by atoms with Gasteiger partial charge in [-0.1, -0.05) is 6.42 Å². The molecule has 17 heavy (non-hydrogen) atoms. The van der Waals surface area contributed by atoms with Crippen molar-refractivity contribution in [3.63, 3.8) is 0 Å². The van der Waals surface area contributed by atoms with Crippen LogP contribution >= 0.6 is 11.3 Å². The Bertz CT molecular complexity index is 375. The van der Waals surface area contributed by atoms with Gasteiger partial charge in [0.25, 0.3) is 0 Å². The first-order valence-corrected chi connectivity index (χ1v) is 7.36. The molecule has 0 unspecified atom stereocenters. The molecule has 0 aromatic carbocycles. The van der Waals surface area contributed by atoms with Gasteiger partial charge < -0.3 is 9.84 Å². The first-order chi connectivity index (χ1) is 8.34. The lowest BCUT2D eigenvalue weighted by molar-refractivity contribution is 0.0848. The molecular formula is C13H19NO2S. The number of aliphatic hydroxyl groups is 1. The summed E-state index contributed by atoms with van der Waals surface area (Å²) >= 11 is 1.77. The highest BCUT2D eigenvalue weighted by Gasteiger charge is 2.40. The Morgan fingerprint density at radius 2 is 2.18 bits per heavy atom. The molecule has 1 N–H and O–H groups in total. The van der Waals surface area contributed by atoms with Crippen molar-refractivity contribution in [2.45, 2.75) is 43.4 Å². The van der Waals surface area contributed by atoms with E-state index >= 15 is 0 Å². The van der Waals surface area contributed by atoms with E-state index in [9.17, 15) is 5.11 Å². The van der Waals surface area contributed by atoms with Crippen LogP contribution in [0.15, 0.2) is 5.38 Å². The number of aliphatic hydroxyl groups excluding tert-OH is 1. The predicted molar refractivity (Wildman–Crippen MR) is 67.5 cm³/mol. The van der Waals surface area contributed by atoms with E-state index in [0.717, 1.165) is 44.6 Å². The fourth-order valence-electron chi connectivity index (χ4n) is 2.76. The molecule has 0 bridgehead atoms. The Hall–Kier alpha value is -0.450. The summed E-state index contributed by atoms with van der Waals surface area (Å²) in [5, 5.41) is 13.0. The van der Waals surface area contributed by atoms with Crippen LogP contribution in [0, 0.1) is 0 Å². The Kier molecular flexibility index (Phi) is 3.19. The molecule has 0 atom stereocenters. The Balaban J connectivity index is 1.77. The van der Waals surface area contributed by atoms with Gasteiger partial charge >= 0.3 is 0 Å². The number of hydrogen-bond donors (Lipinski definition) is 1. The number of hydrogen-bond acceptors (Lipinski definition) is 4. The average Bonchev–Trinajstić information content (AvgIpc) is 2.80. The number of ether oxygens (including phenoxy) is 1. The van der Waals surface area contributed by atoms with E-state index < -0.39 is 0 Å². The van der Waals surface area contributed by atoms with Gasteiger partial charge in [0.15, 0.2) is 0 Å². The lowest BCUT2D eigenvalue weighted by Gasteiger charge is -2.38. The molecule has 2 heterocycles. The van der Waals surface area contributed by atoms with E-state index in [-0.39, 0.29) is 12.0 Å². The summed E-state index contributed by atoms with van der Waals surface area (Å²) in [5.41, 5.74) is 1.14. The lowest BCUT2D eigenvalue weighted by Crippen LogP contribution is -2.38. The van der Waals surface area contributed by atoms with Gasteiger partial charge in [0.05, 0.1) is 17.3 Å². The van der Waals surface area contributed by atoms with Crippen LogP contribution in [0.25, 0.3) is 0 Å². The van der Waals surface area contributed by atoms with Gasteiger partial charge in [-0.2, -0.15) is 0 Å². The first-order valence-electron chi connectivity index (χ1n) is 6.49. The standard InChI is InChI=1S/C13H19NO2S/c15-9-13(4-1-5-13)11-8-17-12(14-11)10-2-6-16-7-3-10/h8,10,15H,1-7,9H2. The number of aromatic nitrogens is 1. The predicted octanol–water partition coefficient (Wildman–Crippen LogP) is 2.45. The topological polar surface area (TPSA) is 42.4 Å². The molecule has 1 aromatic heterocycles. The normalized spacial score (nSPS) is 24.5. The highest BCUT2D eigenvalue weighted by atomic mass is 32.1. The summed E-state index contributed by atoms with van der Waals surface area (Å²) in [5.74, 6) is 0.582. The van der Waals surface area contributed by atoms with E-state index in [0.29, 0.717) is 5.92 Å². The van der Waals surface area contributed by atoms with Crippen molar-refractivity contribution >= 4 is 11.3 Å². The highest BCUT2D eigenvalue weighted by Crippen LogP contribution is 2.44. The molecule has 94 valence electrons. The minimum absolute atomic E-state index is 0.0000826.